The number of hydrogen-bond donors (Lipinski definition) is 0. The van der Waals surface area contributed by atoms with E-state index in [0.29, 0.717) is 24.6 Å². The van der Waals surface area contributed by atoms with Gasteiger partial charge in [-0.25, -0.2) is 4.98 Å². The molecule has 2 aromatic rings. The van der Waals surface area contributed by atoms with Gasteiger partial charge in [0.2, 0.25) is 5.88 Å². The molecule has 0 N–H and O–H groups in total. The van der Waals surface area contributed by atoms with Crippen molar-refractivity contribution < 1.29 is 14.3 Å². The van der Waals surface area contributed by atoms with E-state index in [0.717, 1.165) is 24.9 Å². The number of aromatic nitrogens is 2. The summed E-state index contributed by atoms with van der Waals surface area (Å²) < 4.78 is 11.0. The van der Waals surface area contributed by atoms with E-state index in [4.69, 9.17) is 9.47 Å². The average Bonchev–Trinajstić information content (AvgIpc) is 2.67. The zero-order chi connectivity index (χ0) is 16.8. The molecule has 6 nitrogen and oxygen atoms in total. The fourth-order valence-corrected chi connectivity index (χ4v) is 2.79. The summed E-state index contributed by atoms with van der Waals surface area (Å²) in [6.45, 7) is 1.86. The third-order valence-corrected chi connectivity index (χ3v) is 4.06. The van der Waals surface area contributed by atoms with Crippen LogP contribution in [-0.2, 0) is 11.3 Å². The molecule has 0 aromatic carbocycles. The number of carbonyl (C=O) groups is 1. The maximum Gasteiger partial charge on any atom is 0.254 e. The van der Waals surface area contributed by atoms with Gasteiger partial charge in [0.05, 0.1) is 19.8 Å². The summed E-state index contributed by atoms with van der Waals surface area (Å²) in [5, 5.41) is 0. The smallest absolute Gasteiger partial charge is 0.254 e. The van der Waals surface area contributed by atoms with Gasteiger partial charge in [0, 0.05) is 43.3 Å². The SMILES string of the molecule is COc1cc(C(=O)N2CCCC(OCc3cccnc3)C2)ccn1. The first-order chi connectivity index (χ1) is 11.8. The summed E-state index contributed by atoms with van der Waals surface area (Å²) in [5.41, 5.74) is 1.63. The van der Waals surface area contributed by atoms with Gasteiger partial charge in [-0.2, -0.15) is 0 Å². The van der Waals surface area contributed by atoms with Gasteiger partial charge in [-0.3, -0.25) is 9.78 Å². The van der Waals surface area contributed by atoms with Gasteiger partial charge < -0.3 is 14.4 Å². The first-order valence-corrected chi connectivity index (χ1v) is 8.06. The zero-order valence-corrected chi connectivity index (χ0v) is 13.7. The summed E-state index contributed by atoms with van der Waals surface area (Å²) in [6.07, 6.45) is 7.08. The third kappa shape index (κ3) is 4.08. The summed E-state index contributed by atoms with van der Waals surface area (Å²) in [7, 11) is 1.54. The molecular formula is C18H21N3O3. The first kappa shape index (κ1) is 16.4. The molecule has 3 rings (SSSR count). The van der Waals surface area contributed by atoms with Crippen molar-refractivity contribution in [2.75, 3.05) is 20.2 Å². The van der Waals surface area contributed by atoms with Crippen molar-refractivity contribution in [1.82, 2.24) is 14.9 Å². The molecule has 3 heterocycles. The van der Waals surface area contributed by atoms with Gasteiger partial charge in [0.1, 0.15) is 0 Å². The number of likely N-dealkylation sites (tertiary alicyclic amines) is 1. The molecule has 0 aliphatic carbocycles. The highest BCUT2D eigenvalue weighted by Gasteiger charge is 2.25. The van der Waals surface area contributed by atoms with Crippen molar-refractivity contribution in [1.29, 1.82) is 0 Å². The molecule has 126 valence electrons. The first-order valence-electron chi connectivity index (χ1n) is 8.06. The zero-order valence-electron chi connectivity index (χ0n) is 13.7. The lowest BCUT2D eigenvalue weighted by Gasteiger charge is -2.32. The maximum absolute atomic E-state index is 12.7. The molecule has 6 heteroatoms. The maximum atomic E-state index is 12.7. The van der Waals surface area contributed by atoms with Crippen LogP contribution in [0.4, 0.5) is 0 Å². The Morgan fingerprint density at radius 1 is 1.38 bits per heavy atom. The molecule has 1 unspecified atom stereocenters. The molecule has 1 amide bonds. The van der Waals surface area contributed by atoms with Crippen LogP contribution in [0.15, 0.2) is 42.9 Å². The third-order valence-electron chi connectivity index (χ3n) is 4.06. The van der Waals surface area contributed by atoms with Crippen LogP contribution >= 0.6 is 0 Å². The molecule has 0 spiro atoms. The van der Waals surface area contributed by atoms with E-state index in [1.54, 1.807) is 37.8 Å². The number of pyridine rings is 2. The van der Waals surface area contributed by atoms with Gasteiger partial charge in [0.25, 0.3) is 5.91 Å². The summed E-state index contributed by atoms with van der Waals surface area (Å²) in [4.78, 5) is 22.6. The molecule has 1 saturated heterocycles. The summed E-state index contributed by atoms with van der Waals surface area (Å²) >= 11 is 0. The van der Waals surface area contributed by atoms with Crippen molar-refractivity contribution >= 4 is 5.91 Å². The van der Waals surface area contributed by atoms with Crippen LogP contribution in [-0.4, -0.2) is 47.1 Å². The van der Waals surface area contributed by atoms with Crippen molar-refractivity contribution in [3.8, 4) is 5.88 Å². The number of methoxy groups -OCH3 is 1. The second kappa shape index (κ2) is 7.88. The van der Waals surface area contributed by atoms with Gasteiger partial charge in [-0.05, 0) is 30.5 Å². The molecule has 1 fully saturated rings. The number of rotatable bonds is 5. The minimum Gasteiger partial charge on any atom is -0.481 e. The largest absolute Gasteiger partial charge is 0.481 e. The van der Waals surface area contributed by atoms with Crippen LogP contribution < -0.4 is 4.74 Å². The van der Waals surface area contributed by atoms with Crippen LogP contribution in [0.2, 0.25) is 0 Å². The molecule has 0 bridgehead atoms. The van der Waals surface area contributed by atoms with Gasteiger partial charge in [-0.1, -0.05) is 6.07 Å². The van der Waals surface area contributed by atoms with E-state index >= 15 is 0 Å². The Morgan fingerprint density at radius 3 is 3.08 bits per heavy atom. The molecule has 2 aromatic heterocycles. The molecule has 1 atom stereocenters. The van der Waals surface area contributed by atoms with Crippen molar-refractivity contribution in [2.45, 2.75) is 25.6 Å². The predicted octanol–water partition coefficient (Wildman–Crippen LogP) is 2.31. The standard InChI is InChI=1S/C18H21N3O3/c1-23-17-10-15(6-8-20-17)18(22)21-9-3-5-16(12-21)24-13-14-4-2-7-19-11-14/h2,4,6-8,10-11,16H,3,5,9,12-13H2,1H3. The van der Waals surface area contributed by atoms with Gasteiger partial charge >= 0.3 is 0 Å². The number of hydrogen-bond acceptors (Lipinski definition) is 5. The second-order valence-electron chi connectivity index (χ2n) is 5.77. The molecule has 1 aliphatic rings. The predicted molar refractivity (Wildman–Crippen MR) is 88.7 cm³/mol. The number of nitrogens with zero attached hydrogens (tertiary/aromatic N) is 3. The summed E-state index contributed by atoms with van der Waals surface area (Å²) in [6, 6.07) is 7.27. The van der Waals surface area contributed by atoms with Crippen LogP contribution in [0.1, 0.15) is 28.8 Å². The summed E-state index contributed by atoms with van der Waals surface area (Å²) in [5.74, 6) is 0.438. The van der Waals surface area contributed by atoms with Crippen molar-refractivity contribution in [3.63, 3.8) is 0 Å². The van der Waals surface area contributed by atoms with E-state index in [2.05, 4.69) is 9.97 Å². The minimum atomic E-state index is -0.00891. The van der Waals surface area contributed by atoms with E-state index in [-0.39, 0.29) is 12.0 Å². The molecular weight excluding hydrogens is 306 g/mol. The lowest BCUT2D eigenvalue weighted by atomic mass is 10.1. The number of piperidine rings is 1. The molecule has 0 saturated carbocycles. The highest BCUT2D eigenvalue weighted by molar-refractivity contribution is 5.94. The second-order valence-corrected chi connectivity index (χ2v) is 5.77. The van der Waals surface area contributed by atoms with E-state index < -0.39 is 0 Å². The topological polar surface area (TPSA) is 64.5 Å². The fourth-order valence-electron chi connectivity index (χ4n) is 2.79. The number of amides is 1. The van der Waals surface area contributed by atoms with Gasteiger partial charge in [0.15, 0.2) is 0 Å². The van der Waals surface area contributed by atoms with E-state index in [9.17, 15) is 4.79 Å². The van der Waals surface area contributed by atoms with E-state index in [1.807, 2.05) is 17.0 Å². The molecule has 1 aliphatic heterocycles. The Hall–Kier alpha value is -2.47. The highest BCUT2D eigenvalue weighted by atomic mass is 16.5. The molecule has 24 heavy (non-hydrogen) atoms. The van der Waals surface area contributed by atoms with Gasteiger partial charge in [-0.15, -0.1) is 0 Å². The number of ether oxygens (including phenoxy) is 2. The highest BCUT2D eigenvalue weighted by Crippen LogP contribution is 2.18. The average molecular weight is 327 g/mol. The van der Waals surface area contributed by atoms with Crippen LogP contribution in [0.5, 0.6) is 5.88 Å². The Kier molecular flexibility index (Phi) is 5.38. The Bertz CT molecular complexity index is 678. The Labute approximate surface area is 141 Å². The fraction of sp³-hybridized carbons (Fsp3) is 0.389. The normalized spacial score (nSPS) is 17.5. The lowest BCUT2D eigenvalue weighted by Crippen LogP contribution is -2.43. The monoisotopic (exact) mass is 327 g/mol. The van der Waals surface area contributed by atoms with Crippen molar-refractivity contribution in [3.05, 3.63) is 54.0 Å². The van der Waals surface area contributed by atoms with Crippen LogP contribution in [0, 0.1) is 0 Å². The lowest BCUT2D eigenvalue weighted by molar-refractivity contribution is -0.00682. The van der Waals surface area contributed by atoms with Crippen molar-refractivity contribution in [2.24, 2.45) is 0 Å². The Morgan fingerprint density at radius 2 is 2.29 bits per heavy atom. The Balaban J connectivity index is 1.59. The van der Waals surface area contributed by atoms with Crippen LogP contribution in [0.25, 0.3) is 0 Å². The quantitative estimate of drug-likeness (QED) is 0.843. The van der Waals surface area contributed by atoms with Crippen LogP contribution in [0.3, 0.4) is 0 Å². The molecule has 0 radical (unpaired) electrons. The minimum absolute atomic E-state index is 0.00891. The number of carbonyl (C=O) groups excluding carboxylic acids is 1. The van der Waals surface area contributed by atoms with E-state index in [1.165, 1.54) is 0 Å².